The second-order valence-corrected chi connectivity index (χ2v) is 12.0. The van der Waals surface area contributed by atoms with Gasteiger partial charge in [-0.05, 0) is 99.7 Å². The van der Waals surface area contributed by atoms with Crippen molar-refractivity contribution in [2.24, 2.45) is 0 Å². The summed E-state index contributed by atoms with van der Waals surface area (Å²) in [5, 5.41) is 4.26. The van der Waals surface area contributed by atoms with Gasteiger partial charge in [0.15, 0.2) is 0 Å². The Morgan fingerprint density at radius 1 is 1.11 bits per heavy atom. The minimum atomic E-state index is -0.557. The maximum Gasteiger partial charge on any atom is 0.410 e. The Kier molecular flexibility index (Phi) is 6.08. The first-order chi connectivity index (χ1) is 18.2. The van der Waals surface area contributed by atoms with Crippen LogP contribution in [0.1, 0.15) is 74.8 Å². The summed E-state index contributed by atoms with van der Waals surface area (Å²) in [6.45, 7) is 9.70. The number of aromatic nitrogens is 2. The number of aryl methyl sites for hydroxylation is 1. The molecule has 8 nitrogen and oxygen atoms in total. The first-order valence-corrected chi connectivity index (χ1v) is 13.8. The number of benzene rings is 1. The summed E-state index contributed by atoms with van der Waals surface area (Å²) in [6, 6.07) is 6.92. The average Bonchev–Trinajstić information content (AvgIpc) is 3.41. The van der Waals surface area contributed by atoms with Crippen molar-refractivity contribution in [2.45, 2.75) is 84.0 Å². The average molecular weight is 516 g/mol. The third kappa shape index (κ3) is 4.84. The second kappa shape index (κ2) is 9.33. The zero-order valence-corrected chi connectivity index (χ0v) is 22.8. The maximum absolute atomic E-state index is 13.2. The number of fused-ring (bicyclic) bond motifs is 2. The smallest absolute Gasteiger partial charge is 0.410 e. The summed E-state index contributed by atoms with van der Waals surface area (Å²) < 4.78 is 5.79. The summed E-state index contributed by atoms with van der Waals surface area (Å²) in [6.07, 6.45) is 8.34. The fourth-order valence-corrected chi connectivity index (χ4v) is 5.75. The number of urea groups is 1. The number of carbonyl (C=O) groups excluding carboxylic acids is 2. The molecule has 1 atom stereocenters. The predicted octanol–water partition coefficient (Wildman–Crippen LogP) is 5.84. The van der Waals surface area contributed by atoms with Crippen molar-refractivity contribution >= 4 is 23.2 Å². The van der Waals surface area contributed by atoms with Crippen LogP contribution in [0.5, 0.6) is 0 Å². The number of hydrogen-bond donors (Lipinski definition) is 2. The molecule has 3 aromatic rings. The molecule has 1 aromatic carbocycles. The van der Waals surface area contributed by atoms with Crippen LogP contribution in [-0.4, -0.2) is 56.6 Å². The SMILES string of the molecule is Cc1c[nH]c2ncc(-c3cc4c(c(C5CCCN5C(=O)OC(C)(C)C)c3)CN(C(=O)NC3CC3)CC4)cc12. The number of pyridine rings is 1. The van der Waals surface area contributed by atoms with Gasteiger partial charge in [-0.3, -0.25) is 0 Å². The number of hydrogen-bond acceptors (Lipinski definition) is 4. The highest BCUT2D eigenvalue weighted by Crippen LogP contribution is 2.40. The first kappa shape index (κ1) is 24.8. The Morgan fingerprint density at radius 2 is 1.92 bits per heavy atom. The molecule has 0 spiro atoms. The van der Waals surface area contributed by atoms with Gasteiger partial charge in [-0.1, -0.05) is 6.07 Å². The fraction of sp³-hybridized carbons (Fsp3) is 0.500. The standard InChI is InChI=1S/C30H37N5O3/c1-18-15-31-27-23(18)14-21(16-32-27)20-12-19-9-11-34(28(36)33-22-7-8-22)17-25(19)24(13-20)26-6-5-10-35(26)29(37)38-30(2,3)4/h12-16,22,26H,5-11,17H2,1-4H3,(H,31,32)(H,33,36). The van der Waals surface area contributed by atoms with Gasteiger partial charge in [-0.2, -0.15) is 0 Å². The zero-order chi connectivity index (χ0) is 26.6. The molecule has 1 unspecified atom stereocenters. The van der Waals surface area contributed by atoms with Crippen molar-refractivity contribution in [1.29, 1.82) is 0 Å². The molecule has 2 N–H and O–H groups in total. The van der Waals surface area contributed by atoms with Crippen LogP contribution in [0.25, 0.3) is 22.2 Å². The minimum absolute atomic E-state index is 0.0150. The molecule has 2 aliphatic heterocycles. The molecule has 1 saturated carbocycles. The molecule has 2 fully saturated rings. The number of H-pyrrole nitrogens is 1. The van der Waals surface area contributed by atoms with Crippen molar-refractivity contribution in [3.63, 3.8) is 0 Å². The third-order valence-electron chi connectivity index (χ3n) is 7.88. The van der Waals surface area contributed by atoms with E-state index in [2.05, 4.69) is 40.4 Å². The van der Waals surface area contributed by atoms with E-state index >= 15 is 0 Å². The molecule has 8 heteroatoms. The van der Waals surface area contributed by atoms with Gasteiger partial charge in [0.05, 0.1) is 6.04 Å². The van der Waals surface area contributed by atoms with Crippen LogP contribution < -0.4 is 5.32 Å². The Balaban J connectivity index is 1.41. The molecule has 2 aromatic heterocycles. The van der Waals surface area contributed by atoms with Crippen molar-refractivity contribution < 1.29 is 14.3 Å². The van der Waals surface area contributed by atoms with Crippen molar-refractivity contribution in [1.82, 2.24) is 25.1 Å². The molecule has 3 aliphatic rings. The number of amides is 3. The molecule has 200 valence electrons. The van der Waals surface area contributed by atoms with Crippen molar-refractivity contribution in [2.75, 3.05) is 13.1 Å². The van der Waals surface area contributed by atoms with Gasteiger partial charge in [-0.25, -0.2) is 14.6 Å². The quantitative estimate of drug-likeness (QED) is 0.458. The summed E-state index contributed by atoms with van der Waals surface area (Å²) in [5.74, 6) is 0. The van der Waals surface area contributed by atoms with E-state index in [4.69, 9.17) is 4.74 Å². The van der Waals surface area contributed by atoms with Crippen molar-refractivity contribution in [3.8, 4) is 11.1 Å². The summed E-state index contributed by atoms with van der Waals surface area (Å²) in [5.41, 5.74) is 7.17. The van der Waals surface area contributed by atoms with Crippen LogP contribution in [0.15, 0.2) is 30.6 Å². The van der Waals surface area contributed by atoms with E-state index in [0.29, 0.717) is 25.7 Å². The minimum Gasteiger partial charge on any atom is -0.444 e. The highest BCUT2D eigenvalue weighted by molar-refractivity contribution is 5.85. The number of nitrogens with zero attached hydrogens (tertiary/aromatic N) is 3. The Bertz CT molecular complexity index is 1400. The van der Waals surface area contributed by atoms with Gasteiger partial charge >= 0.3 is 12.1 Å². The number of ether oxygens (including phenoxy) is 1. The van der Waals surface area contributed by atoms with E-state index in [0.717, 1.165) is 65.4 Å². The lowest BCUT2D eigenvalue weighted by Crippen LogP contribution is -2.44. The van der Waals surface area contributed by atoms with E-state index in [1.807, 2.05) is 43.0 Å². The molecular formula is C30H37N5O3. The fourth-order valence-electron chi connectivity index (χ4n) is 5.75. The molecule has 38 heavy (non-hydrogen) atoms. The largest absolute Gasteiger partial charge is 0.444 e. The second-order valence-electron chi connectivity index (χ2n) is 12.0. The van der Waals surface area contributed by atoms with E-state index in [9.17, 15) is 9.59 Å². The van der Waals surface area contributed by atoms with E-state index in [1.165, 1.54) is 11.1 Å². The van der Waals surface area contributed by atoms with Crippen LogP contribution in [0.2, 0.25) is 0 Å². The Hall–Kier alpha value is -3.55. The molecule has 3 amide bonds. The first-order valence-electron chi connectivity index (χ1n) is 13.8. The number of aromatic amines is 1. The monoisotopic (exact) mass is 515 g/mol. The van der Waals surface area contributed by atoms with E-state index < -0.39 is 5.60 Å². The lowest BCUT2D eigenvalue weighted by atomic mass is 9.87. The number of carbonyl (C=O) groups is 2. The Morgan fingerprint density at radius 3 is 2.68 bits per heavy atom. The van der Waals surface area contributed by atoms with E-state index in [1.54, 1.807) is 0 Å². The van der Waals surface area contributed by atoms with Gasteiger partial charge in [0.2, 0.25) is 0 Å². The van der Waals surface area contributed by atoms with Crippen LogP contribution >= 0.6 is 0 Å². The number of nitrogens with one attached hydrogen (secondary N) is 2. The van der Waals surface area contributed by atoms with Gasteiger partial charge in [0, 0.05) is 49.0 Å². The van der Waals surface area contributed by atoms with Crippen LogP contribution in [0.3, 0.4) is 0 Å². The molecular weight excluding hydrogens is 478 g/mol. The van der Waals surface area contributed by atoms with E-state index in [-0.39, 0.29) is 18.2 Å². The van der Waals surface area contributed by atoms with Gasteiger partial charge < -0.3 is 24.8 Å². The zero-order valence-electron chi connectivity index (χ0n) is 22.8. The lowest BCUT2D eigenvalue weighted by molar-refractivity contribution is 0.0223. The van der Waals surface area contributed by atoms with Gasteiger partial charge in [0.25, 0.3) is 0 Å². The molecule has 0 radical (unpaired) electrons. The molecule has 4 heterocycles. The van der Waals surface area contributed by atoms with Crippen molar-refractivity contribution in [3.05, 3.63) is 52.8 Å². The summed E-state index contributed by atoms with van der Waals surface area (Å²) in [4.78, 5) is 37.9. The molecule has 1 aliphatic carbocycles. The lowest BCUT2D eigenvalue weighted by Gasteiger charge is -2.35. The Labute approximate surface area is 223 Å². The third-order valence-corrected chi connectivity index (χ3v) is 7.88. The number of likely N-dealkylation sites (tertiary alicyclic amines) is 1. The van der Waals surface area contributed by atoms with Crippen LogP contribution in [-0.2, 0) is 17.7 Å². The maximum atomic E-state index is 13.2. The molecule has 1 saturated heterocycles. The molecule has 6 rings (SSSR count). The normalized spacial score (nSPS) is 19.5. The highest BCUT2D eigenvalue weighted by atomic mass is 16.6. The number of rotatable bonds is 3. The molecule has 0 bridgehead atoms. The topological polar surface area (TPSA) is 90.6 Å². The van der Waals surface area contributed by atoms with Gasteiger partial charge in [-0.15, -0.1) is 0 Å². The van der Waals surface area contributed by atoms with Crippen LogP contribution in [0, 0.1) is 6.92 Å². The van der Waals surface area contributed by atoms with Gasteiger partial charge in [0.1, 0.15) is 11.2 Å². The summed E-state index contributed by atoms with van der Waals surface area (Å²) in [7, 11) is 0. The summed E-state index contributed by atoms with van der Waals surface area (Å²) >= 11 is 0. The van der Waals surface area contributed by atoms with Crippen LogP contribution in [0.4, 0.5) is 9.59 Å². The highest BCUT2D eigenvalue weighted by Gasteiger charge is 2.37. The predicted molar refractivity (Wildman–Crippen MR) is 147 cm³/mol.